The van der Waals surface area contributed by atoms with Gasteiger partial charge in [-0.3, -0.25) is 4.79 Å². The molecular formula is C83H139NO13. The molecule has 0 aliphatic carbocycles. The fourth-order valence-electron chi connectivity index (χ4n) is 11.7. The Balaban J connectivity index is 1.70. The van der Waals surface area contributed by atoms with Crippen LogP contribution < -0.4 is 5.32 Å². The van der Waals surface area contributed by atoms with Crippen LogP contribution in [0.25, 0.3) is 0 Å². The van der Waals surface area contributed by atoms with Crippen molar-refractivity contribution >= 4 is 5.91 Å². The van der Waals surface area contributed by atoms with Crippen molar-refractivity contribution in [1.82, 2.24) is 5.32 Å². The zero-order chi connectivity index (χ0) is 70.1. The lowest BCUT2D eigenvalue weighted by molar-refractivity contribution is -0.359. The Kier molecular flexibility index (Phi) is 59.8. The van der Waals surface area contributed by atoms with E-state index < -0.39 is 86.8 Å². The van der Waals surface area contributed by atoms with Crippen molar-refractivity contribution in [2.24, 2.45) is 0 Å². The van der Waals surface area contributed by atoms with Crippen LogP contribution in [0.15, 0.2) is 146 Å². The first-order valence-corrected chi connectivity index (χ1v) is 38.6. The second-order valence-corrected chi connectivity index (χ2v) is 26.4. The number of hydrogen-bond acceptors (Lipinski definition) is 13. The molecule has 9 N–H and O–H groups in total. The summed E-state index contributed by atoms with van der Waals surface area (Å²) >= 11 is 0. The number of rotatable bonds is 62. The standard InChI is InChI=1S/C83H139NO13/c1-3-5-7-9-11-13-15-17-19-21-23-25-27-29-31-33-35-36-37-39-41-43-45-47-49-51-53-55-57-59-61-63-65-67-75(88)84-71(70-94-82-80(93)78(91)81(74(69-86)96-82)97-83-79(92)77(90)76(89)73(68-85)95-83)72(87)66-64-62-60-58-56-54-52-50-48-46-44-42-40-38-34-32-30-28-26-24-22-20-18-16-14-12-10-8-6-4-2/h5,7,11,13,17,19,23,25,29,31,35-36,39,41,45,47-48,50-51,53,56,58,64,66,71-74,76-83,85-87,89-93H,3-4,6,8-10,12,14-16,18,20-22,24,26-28,30,32-34,37-38,40,42-44,46,49,52,54-55,57,59-63,65,67-70H2,1-2H3,(H,84,88)/b7-5-,13-11-,19-17-,25-23-,31-29-,36-35-,41-39-,47-45-,50-48+,53-51-,58-56+,66-64+. The van der Waals surface area contributed by atoms with Gasteiger partial charge in [0.05, 0.1) is 32.0 Å². The van der Waals surface area contributed by atoms with Gasteiger partial charge in [-0.2, -0.15) is 0 Å². The Bertz CT molecular complexity index is 2190. The molecule has 0 aromatic heterocycles. The predicted octanol–water partition coefficient (Wildman–Crippen LogP) is 17.2. The largest absolute Gasteiger partial charge is 0.394 e. The van der Waals surface area contributed by atoms with Gasteiger partial charge >= 0.3 is 0 Å². The first kappa shape index (κ1) is 89.0. The van der Waals surface area contributed by atoms with Gasteiger partial charge in [0.25, 0.3) is 0 Å². The van der Waals surface area contributed by atoms with Crippen LogP contribution in [-0.4, -0.2) is 140 Å². The molecule has 2 aliphatic heterocycles. The molecule has 2 heterocycles. The summed E-state index contributed by atoms with van der Waals surface area (Å²) in [5.74, 6) is -0.276. The van der Waals surface area contributed by atoms with E-state index in [4.69, 9.17) is 18.9 Å². The third-order valence-electron chi connectivity index (χ3n) is 17.7. The van der Waals surface area contributed by atoms with Crippen molar-refractivity contribution in [3.05, 3.63) is 146 Å². The van der Waals surface area contributed by atoms with Crippen LogP contribution in [0, 0.1) is 0 Å². The Hall–Kier alpha value is -4.13. The molecule has 97 heavy (non-hydrogen) atoms. The smallest absolute Gasteiger partial charge is 0.220 e. The molecule has 0 spiro atoms. The SMILES string of the molecule is CC/C=C\C/C=C\C/C=C\C/C=C\C/C=C\C/C=C\C/C=C\C/C=C\C/C=C\CCCCCCCC(=O)NC(COC1OC(CO)C(OC2OC(CO)C(O)C(O)C2O)C(O)C1O)C(O)/C=C/CC/C=C/CC/C=C/CCCCCCCCCCCCCCCCCCCCCC. The van der Waals surface area contributed by atoms with E-state index in [9.17, 15) is 45.6 Å². The van der Waals surface area contributed by atoms with E-state index in [1.54, 1.807) is 6.08 Å². The average Bonchev–Trinajstić information content (AvgIpc) is 0.794. The van der Waals surface area contributed by atoms with E-state index in [2.05, 4.69) is 153 Å². The minimum atomic E-state index is -1.80. The molecule has 2 fully saturated rings. The Morgan fingerprint density at radius 1 is 0.381 bits per heavy atom. The molecule has 0 aromatic rings. The quantitative estimate of drug-likeness (QED) is 0.0204. The first-order chi connectivity index (χ1) is 47.6. The normalized spacial score (nSPS) is 23.0. The molecule has 1 amide bonds. The summed E-state index contributed by atoms with van der Waals surface area (Å²) in [4.78, 5) is 13.4. The predicted molar refractivity (Wildman–Crippen MR) is 401 cm³/mol. The third kappa shape index (κ3) is 48.4. The van der Waals surface area contributed by atoms with Gasteiger partial charge in [0.2, 0.25) is 5.91 Å². The highest BCUT2D eigenvalue weighted by atomic mass is 16.7. The van der Waals surface area contributed by atoms with Crippen LogP contribution in [0.5, 0.6) is 0 Å². The molecule has 14 heteroatoms. The number of nitrogens with one attached hydrogen (secondary N) is 1. The van der Waals surface area contributed by atoms with Crippen LogP contribution >= 0.6 is 0 Å². The van der Waals surface area contributed by atoms with Gasteiger partial charge in [0.15, 0.2) is 12.6 Å². The monoisotopic (exact) mass is 1360 g/mol. The fraction of sp³-hybridized carbons (Fsp3) is 0.699. The molecule has 0 radical (unpaired) electrons. The second kappa shape index (κ2) is 65.2. The molecule has 14 nitrogen and oxygen atoms in total. The van der Waals surface area contributed by atoms with Crippen LogP contribution in [0.3, 0.4) is 0 Å². The number of carbonyl (C=O) groups is 1. The molecule has 0 saturated carbocycles. The molecule has 554 valence electrons. The summed E-state index contributed by atoms with van der Waals surface area (Å²) in [5, 5.41) is 87.6. The Morgan fingerprint density at radius 3 is 1.13 bits per heavy atom. The van der Waals surface area contributed by atoms with E-state index in [-0.39, 0.29) is 18.9 Å². The number of aliphatic hydroxyl groups is 8. The van der Waals surface area contributed by atoms with E-state index in [1.807, 2.05) is 6.08 Å². The Labute approximate surface area is 589 Å². The summed E-state index contributed by atoms with van der Waals surface area (Å²) in [6.45, 7) is 2.66. The van der Waals surface area contributed by atoms with Gasteiger partial charge in [0.1, 0.15) is 48.8 Å². The number of carbonyl (C=O) groups excluding carboxylic acids is 1. The summed E-state index contributed by atoms with van der Waals surface area (Å²) in [6, 6.07) is -0.963. The summed E-state index contributed by atoms with van der Waals surface area (Å²) in [6.07, 6.45) is 82.0. The molecule has 12 atom stereocenters. The molecule has 2 saturated heterocycles. The van der Waals surface area contributed by atoms with Crippen LogP contribution in [-0.2, 0) is 23.7 Å². The molecule has 2 rings (SSSR count). The minimum absolute atomic E-state index is 0.237. The maximum absolute atomic E-state index is 13.4. The van der Waals surface area contributed by atoms with Crippen molar-refractivity contribution < 1.29 is 64.6 Å². The van der Waals surface area contributed by atoms with E-state index in [0.717, 1.165) is 116 Å². The number of allylic oxidation sites excluding steroid dienone is 23. The van der Waals surface area contributed by atoms with E-state index >= 15 is 0 Å². The number of unbranched alkanes of at least 4 members (excludes halogenated alkanes) is 27. The third-order valence-corrected chi connectivity index (χ3v) is 17.7. The van der Waals surface area contributed by atoms with Gasteiger partial charge in [-0.15, -0.1) is 0 Å². The number of ether oxygens (including phenoxy) is 4. The highest BCUT2D eigenvalue weighted by Crippen LogP contribution is 2.30. The van der Waals surface area contributed by atoms with Crippen molar-refractivity contribution in [2.45, 2.75) is 351 Å². The second-order valence-electron chi connectivity index (χ2n) is 26.4. The Morgan fingerprint density at radius 2 is 0.722 bits per heavy atom. The van der Waals surface area contributed by atoms with Crippen molar-refractivity contribution in [2.75, 3.05) is 19.8 Å². The van der Waals surface area contributed by atoms with Crippen molar-refractivity contribution in [3.8, 4) is 0 Å². The molecular weight excluding hydrogens is 1220 g/mol. The van der Waals surface area contributed by atoms with Crippen molar-refractivity contribution in [3.63, 3.8) is 0 Å². The van der Waals surface area contributed by atoms with Gasteiger partial charge < -0.3 is 65.1 Å². The zero-order valence-electron chi connectivity index (χ0n) is 60.5. The van der Waals surface area contributed by atoms with Crippen LogP contribution in [0.4, 0.5) is 0 Å². The number of amides is 1. The first-order valence-electron chi connectivity index (χ1n) is 38.6. The topological polar surface area (TPSA) is 228 Å². The van der Waals surface area contributed by atoms with Gasteiger partial charge in [0, 0.05) is 6.42 Å². The summed E-state index contributed by atoms with van der Waals surface area (Å²) < 4.78 is 22.9. The highest BCUT2D eigenvalue weighted by molar-refractivity contribution is 5.76. The zero-order valence-corrected chi connectivity index (χ0v) is 60.5. The summed E-state index contributed by atoms with van der Waals surface area (Å²) in [5.41, 5.74) is 0. The van der Waals surface area contributed by atoms with Crippen LogP contribution in [0.1, 0.15) is 277 Å². The maximum Gasteiger partial charge on any atom is 0.220 e. The molecule has 2 aliphatic rings. The van der Waals surface area contributed by atoms with E-state index in [1.165, 1.54) is 128 Å². The van der Waals surface area contributed by atoms with Crippen LogP contribution in [0.2, 0.25) is 0 Å². The molecule has 12 unspecified atom stereocenters. The number of hydrogen-bond donors (Lipinski definition) is 9. The van der Waals surface area contributed by atoms with Gasteiger partial charge in [-0.05, 0) is 116 Å². The highest BCUT2D eigenvalue weighted by Gasteiger charge is 2.51. The number of aliphatic hydroxyl groups excluding tert-OH is 8. The van der Waals surface area contributed by atoms with Gasteiger partial charge in [-0.1, -0.05) is 301 Å². The molecule has 0 aromatic carbocycles. The lowest BCUT2D eigenvalue weighted by atomic mass is 9.97. The average molecular weight is 1360 g/mol. The van der Waals surface area contributed by atoms with Gasteiger partial charge in [-0.25, -0.2) is 0 Å². The molecule has 0 bridgehead atoms. The lowest BCUT2D eigenvalue weighted by Crippen LogP contribution is -2.65. The van der Waals surface area contributed by atoms with E-state index in [0.29, 0.717) is 12.8 Å². The summed E-state index contributed by atoms with van der Waals surface area (Å²) in [7, 11) is 0. The lowest BCUT2D eigenvalue weighted by Gasteiger charge is -2.46. The maximum atomic E-state index is 13.4. The fourth-order valence-corrected chi connectivity index (χ4v) is 11.7. The van der Waals surface area contributed by atoms with Crippen molar-refractivity contribution in [1.29, 1.82) is 0 Å². The minimum Gasteiger partial charge on any atom is -0.394 e.